The molecule has 0 radical (unpaired) electrons. The zero-order valence-electron chi connectivity index (χ0n) is 18.9. The van der Waals surface area contributed by atoms with Gasteiger partial charge in [-0.05, 0) is 101 Å². The molecule has 5 rings (SSSR count). The second-order valence-electron chi connectivity index (χ2n) is 11.6. The zero-order valence-corrected chi connectivity index (χ0v) is 18.9. The van der Waals surface area contributed by atoms with Crippen LogP contribution < -0.4 is 0 Å². The average Bonchev–Trinajstić information content (AvgIpc) is 2.74. The lowest BCUT2D eigenvalue weighted by Gasteiger charge is -2.66. The number of ether oxygens (including phenoxy) is 1. The summed E-state index contributed by atoms with van der Waals surface area (Å²) in [6, 6.07) is 0. The second-order valence-corrected chi connectivity index (χ2v) is 11.6. The Balaban J connectivity index is 1.40. The van der Waals surface area contributed by atoms with Gasteiger partial charge in [0.1, 0.15) is 6.10 Å². The third kappa shape index (κ3) is 3.02. The summed E-state index contributed by atoms with van der Waals surface area (Å²) in [6.45, 7) is 6.25. The van der Waals surface area contributed by atoms with E-state index >= 15 is 0 Å². The van der Waals surface area contributed by atoms with Gasteiger partial charge in [0, 0.05) is 25.1 Å². The molecule has 0 aromatic heterocycles. The Kier molecular flexibility index (Phi) is 5.27. The third-order valence-electron chi connectivity index (χ3n) is 10.4. The number of aliphatic hydroxyl groups is 2. The topological polar surface area (TPSA) is 70.0 Å². The Bertz CT molecular complexity index is 678. The predicted molar refractivity (Wildman–Crippen MR) is 115 cm³/mol. The third-order valence-corrected chi connectivity index (χ3v) is 10.4. The van der Waals surface area contributed by atoms with Crippen molar-refractivity contribution in [3.63, 3.8) is 0 Å². The summed E-state index contributed by atoms with van der Waals surface area (Å²) in [5.74, 6) is 1.83. The lowest BCUT2D eigenvalue weighted by molar-refractivity contribution is -0.227. The molecule has 0 bridgehead atoms. The van der Waals surface area contributed by atoms with Crippen molar-refractivity contribution in [3.8, 4) is 0 Å². The first-order valence-corrected chi connectivity index (χ1v) is 12.6. The number of aliphatic hydroxyl groups excluding tert-OH is 1. The van der Waals surface area contributed by atoms with Gasteiger partial charge in [0.15, 0.2) is 0 Å². The molecular formula is C25H41NO4. The normalized spacial score (nSPS) is 51.5. The van der Waals surface area contributed by atoms with Crippen LogP contribution in [0.3, 0.4) is 0 Å². The Morgan fingerprint density at radius 2 is 1.80 bits per heavy atom. The highest BCUT2D eigenvalue weighted by atomic mass is 16.5. The molecule has 2 heterocycles. The molecule has 1 amide bonds. The van der Waals surface area contributed by atoms with E-state index < -0.39 is 5.60 Å². The van der Waals surface area contributed by atoms with Crippen molar-refractivity contribution in [1.82, 2.24) is 4.90 Å². The number of carbonyl (C=O) groups is 1. The molecule has 5 nitrogen and oxygen atoms in total. The van der Waals surface area contributed by atoms with Gasteiger partial charge in [-0.1, -0.05) is 6.92 Å². The summed E-state index contributed by atoms with van der Waals surface area (Å²) >= 11 is 0. The molecular weight excluding hydrogens is 378 g/mol. The predicted octanol–water partition coefficient (Wildman–Crippen LogP) is 3.66. The first-order valence-electron chi connectivity index (χ1n) is 12.6. The number of nitrogens with zero attached hydrogens (tertiary/aromatic N) is 1. The minimum Gasteiger partial charge on any atom is -0.393 e. The molecule has 5 heteroatoms. The minimum absolute atomic E-state index is 0.0721. The van der Waals surface area contributed by atoms with Gasteiger partial charge in [0.2, 0.25) is 0 Å². The lowest BCUT2D eigenvalue weighted by atomic mass is 9.43. The van der Waals surface area contributed by atoms with Gasteiger partial charge in [-0.25, -0.2) is 0 Å². The molecule has 3 saturated carbocycles. The van der Waals surface area contributed by atoms with Crippen molar-refractivity contribution in [2.75, 3.05) is 13.2 Å². The number of fused-ring (bicyclic) bond motifs is 5. The molecule has 3 aliphatic carbocycles. The van der Waals surface area contributed by atoms with Crippen LogP contribution in [0.15, 0.2) is 0 Å². The number of hydrogen-bond acceptors (Lipinski definition) is 4. The van der Waals surface area contributed by atoms with Gasteiger partial charge in [-0.3, -0.25) is 4.79 Å². The van der Waals surface area contributed by atoms with Gasteiger partial charge < -0.3 is 19.8 Å². The monoisotopic (exact) mass is 419 g/mol. The fraction of sp³-hybridized carbons (Fsp3) is 0.960. The molecule has 2 N–H and O–H groups in total. The molecule has 8 atom stereocenters. The first-order chi connectivity index (χ1) is 14.3. The molecule has 0 aromatic rings. The molecule has 5 aliphatic rings. The highest BCUT2D eigenvalue weighted by Crippen LogP contribution is 2.64. The maximum atomic E-state index is 13.5. The number of amides is 1. The van der Waals surface area contributed by atoms with Gasteiger partial charge in [-0.15, -0.1) is 0 Å². The van der Waals surface area contributed by atoms with Gasteiger partial charge in [-0.2, -0.15) is 0 Å². The van der Waals surface area contributed by atoms with Crippen LogP contribution in [0.4, 0.5) is 0 Å². The summed E-state index contributed by atoms with van der Waals surface area (Å²) < 4.78 is 5.89. The van der Waals surface area contributed by atoms with Crippen molar-refractivity contribution >= 4 is 5.91 Å². The molecule has 5 fully saturated rings. The van der Waals surface area contributed by atoms with Crippen LogP contribution in [0, 0.1) is 23.2 Å². The fourth-order valence-electron chi connectivity index (χ4n) is 8.59. The largest absolute Gasteiger partial charge is 0.393 e. The SMILES string of the molecule is CC12CC[C@H]3[C@@H](CC[C@@]4(O)C[C@@H](O)CC[C@]34C)[C@@H]1CCCN2C(=O)[C@@H]1CCCCO1. The maximum Gasteiger partial charge on any atom is 0.252 e. The molecule has 2 saturated heterocycles. The van der Waals surface area contributed by atoms with Crippen LogP contribution in [-0.4, -0.2) is 57.5 Å². The summed E-state index contributed by atoms with van der Waals surface area (Å²) in [4.78, 5) is 15.7. The summed E-state index contributed by atoms with van der Waals surface area (Å²) in [6.07, 6.45) is 11.0. The van der Waals surface area contributed by atoms with Crippen LogP contribution >= 0.6 is 0 Å². The number of likely N-dealkylation sites (tertiary alicyclic amines) is 1. The highest BCUT2D eigenvalue weighted by molar-refractivity contribution is 5.82. The summed E-state index contributed by atoms with van der Waals surface area (Å²) in [5.41, 5.74) is -0.897. The van der Waals surface area contributed by atoms with Crippen molar-refractivity contribution in [3.05, 3.63) is 0 Å². The van der Waals surface area contributed by atoms with Gasteiger partial charge in [0.05, 0.1) is 11.7 Å². The van der Waals surface area contributed by atoms with Crippen LogP contribution in [0.1, 0.15) is 90.9 Å². The van der Waals surface area contributed by atoms with Gasteiger partial charge >= 0.3 is 0 Å². The molecule has 2 aliphatic heterocycles. The Labute approximate surface area is 181 Å². The maximum absolute atomic E-state index is 13.5. The summed E-state index contributed by atoms with van der Waals surface area (Å²) in [5, 5.41) is 21.8. The van der Waals surface area contributed by atoms with Crippen LogP contribution in [0.25, 0.3) is 0 Å². The van der Waals surface area contributed by atoms with Crippen molar-refractivity contribution in [2.24, 2.45) is 23.2 Å². The lowest BCUT2D eigenvalue weighted by Crippen LogP contribution is -2.68. The number of hydrogen-bond donors (Lipinski definition) is 2. The van der Waals surface area contributed by atoms with Crippen LogP contribution in [0.2, 0.25) is 0 Å². The van der Waals surface area contributed by atoms with Gasteiger partial charge in [0.25, 0.3) is 5.91 Å². The Morgan fingerprint density at radius 3 is 2.57 bits per heavy atom. The standard InChI is InChI=1S/C25H41NO4/c1-23-11-8-17(27)16-25(23,29)13-9-18-19(23)10-12-24(2)20(18)6-5-14-26(24)22(28)21-7-3-4-15-30-21/h17-21,27,29H,3-16H2,1-2H3/t17-,18+,19-,20-,21-,23+,24?,25+/m0/s1. The van der Waals surface area contributed by atoms with E-state index in [2.05, 4.69) is 18.7 Å². The smallest absolute Gasteiger partial charge is 0.252 e. The van der Waals surface area contributed by atoms with Crippen LogP contribution in [-0.2, 0) is 9.53 Å². The van der Waals surface area contributed by atoms with E-state index in [4.69, 9.17) is 4.74 Å². The van der Waals surface area contributed by atoms with E-state index in [9.17, 15) is 15.0 Å². The average molecular weight is 420 g/mol. The number of rotatable bonds is 1. The summed E-state index contributed by atoms with van der Waals surface area (Å²) in [7, 11) is 0. The molecule has 0 aromatic carbocycles. The van der Waals surface area contributed by atoms with E-state index in [0.717, 1.165) is 77.4 Å². The molecule has 1 unspecified atom stereocenters. The quantitative estimate of drug-likeness (QED) is 0.681. The second kappa shape index (κ2) is 7.45. The molecule has 30 heavy (non-hydrogen) atoms. The van der Waals surface area contributed by atoms with E-state index in [1.807, 2.05) is 0 Å². The first kappa shape index (κ1) is 21.2. The van der Waals surface area contributed by atoms with E-state index in [1.165, 1.54) is 6.42 Å². The number of piperidine rings is 1. The Morgan fingerprint density at radius 1 is 0.967 bits per heavy atom. The van der Waals surface area contributed by atoms with E-state index in [1.54, 1.807) is 0 Å². The fourth-order valence-corrected chi connectivity index (χ4v) is 8.59. The van der Waals surface area contributed by atoms with E-state index in [-0.39, 0.29) is 29.1 Å². The van der Waals surface area contributed by atoms with Crippen LogP contribution in [0.5, 0.6) is 0 Å². The van der Waals surface area contributed by atoms with Crippen molar-refractivity contribution in [2.45, 2.75) is 114 Å². The zero-order chi connectivity index (χ0) is 21.1. The molecule has 170 valence electrons. The number of carbonyl (C=O) groups excluding carboxylic acids is 1. The van der Waals surface area contributed by atoms with Crippen molar-refractivity contribution in [1.29, 1.82) is 0 Å². The molecule has 0 spiro atoms. The minimum atomic E-state index is -0.723. The van der Waals surface area contributed by atoms with Crippen molar-refractivity contribution < 1.29 is 19.7 Å². The highest BCUT2D eigenvalue weighted by Gasteiger charge is 2.64. The Hall–Kier alpha value is -0.650. The van der Waals surface area contributed by atoms with E-state index in [0.29, 0.717) is 24.2 Å².